The summed E-state index contributed by atoms with van der Waals surface area (Å²) in [6.45, 7) is 7.03. The standard InChI is InChI=1S/C16H24N2O2S/c1-5-11-18(12-6-2)21(19,20)16-10-8-7-9-15(16)13-17-14(3)4/h1,7-10,14,17H,6,11-13H2,2-4H3. The van der Waals surface area contributed by atoms with Gasteiger partial charge in [0.15, 0.2) is 0 Å². The molecule has 0 saturated carbocycles. The van der Waals surface area contributed by atoms with Gasteiger partial charge in [-0.1, -0.05) is 44.9 Å². The maximum Gasteiger partial charge on any atom is 0.244 e. The molecule has 0 atom stereocenters. The summed E-state index contributed by atoms with van der Waals surface area (Å²) in [5.74, 6) is 2.43. The molecule has 1 aromatic carbocycles. The van der Waals surface area contributed by atoms with Crippen LogP contribution in [0.5, 0.6) is 0 Å². The Morgan fingerprint density at radius 1 is 1.33 bits per heavy atom. The molecule has 0 heterocycles. The van der Waals surface area contributed by atoms with Gasteiger partial charge in [0.05, 0.1) is 11.4 Å². The molecule has 1 aromatic rings. The van der Waals surface area contributed by atoms with Crippen LogP contribution in [0.1, 0.15) is 32.8 Å². The Hall–Kier alpha value is -1.35. The number of hydrogen-bond acceptors (Lipinski definition) is 3. The largest absolute Gasteiger partial charge is 0.310 e. The lowest BCUT2D eigenvalue weighted by molar-refractivity contribution is 0.444. The van der Waals surface area contributed by atoms with Crippen molar-refractivity contribution in [3.8, 4) is 12.3 Å². The maximum absolute atomic E-state index is 12.8. The van der Waals surface area contributed by atoms with E-state index in [-0.39, 0.29) is 6.54 Å². The van der Waals surface area contributed by atoms with Crippen molar-refractivity contribution in [1.82, 2.24) is 9.62 Å². The van der Waals surface area contributed by atoms with E-state index in [2.05, 4.69) is 11.2 Å². The first kappa shape index (κ1) is 17.7. The van der Waals surface area contributed by atoms with E-state index >= 15 is 0 Å². The van der Waals surface area contributed by atoms with E-state index in [0.717, 1.165) is 12.0 Å². The van der Waals surface area contributed by atoms with Gasteiger partial charge >= 0.3 is 0 Å². The van der Waals surface area contributed by atoms with Crippen molar-refractivity contribution in [2.75, 3.05) is 13.1 Å². The van der Waals surface area contributed by atoms with E-state index < -0.39 is 10.0 Å². The molecule has 0 unspecified atom stereocenters. The third-order valence-corrected chi connectivity index (χ3v) is 4.98. The van der Waals surface area contributed by atoms with Crippen LogP contribution in [0.15, 0.2) is 29.2 Å². The quantitative estimate of drug-likeness (QED) is 0.749. The molecular weight excluding hydrogens is 284 g/mol. The molecule has 0 aliphatic heterocycles. The molecule has 0 bridgehead atoms. The second-order valence-corrected chi connectivity index (χ2v) is 7.09. The minimum absolute atomic E-state index is 0.0993. The SMILES string of the molecule is C#CCN(CCC)S(=O)(=O)c1ccccc1CNC(C)C. The zero-order valence-electron chi connectivity index (χ0n) is 13.0. The number of nitrogens with zero attached hydrogens (tertiary/aromatic N) is 1. The molecule has 4 nitrogen and oxygen atoms in total. The monoisotopic (exact) mass is 308 g/mol. The highest BCUT2D eigenvalue weighted by molar-refractivity contribution is 7.89. The second kappa shape index (κ2) is 8.18. The topological polar surface area (TPSA) is 49.4 Å². The van der Waals surface area contributed by atoms with Crippen molar-refractivity contribution in [3.63, 3.8) is 0 Å². The van der Waals surface area contributed by atoms with Gasteiger partial charge in [0, 0.05) is 19.1 Å². The summed E-state index contributed by atoms with van der Waals surface area (Å²) in [4.78, 5) is 0.335. The Kier molecular flexibility index (Phi) is 6.90. The number of nitrogens with one attached hydrogen (secondary N) is 1. The van der Waals surface area contributed by atoms with E-state index in [0.29, 0.717) is 24.0 Å². The molecule has 0 fully saturated rings. The van der Waals surface area contributed by atoms with Gasteiger partial charge in [-0.2, -0.15) is 4.31 Å². The zero-order chi connectivity index (χ0) is 15.9. The summed E-state index contributed by atoms with van der Waals surface area (Å²) < 4.78 is 26.9. The van der Waals surface area contributed by atoms with Crippen LogP contribution in [0.2, 0.25) is 0 Å². The molecule has 0 saturated heterocycles. The number of hydrogen-bond donors (Lipinski definition) is 1. The third kappa shape index (κ3) is 4.85. The minimum atomic E-state index is -3.55. The van der Waals surface area contributed by atoms with Gasteiger partial charge in [-0.15, -0.1) is 6.42 Å². The molecule has 1 rings (SSSR count). The predicted molar refractivity (Wildman–Crippen MR) is 86.3 cm³/mol. The Labute approximate surface area is 128 Å². The average Bonchev–Trinajstić information content (AvgIpc) is 2.45. The molecular formula is C16H24N2O2S. The van der Waals surface area contributed by atoms with Gasteiger partial charge in [0.25, 0.3) is 0 Å². The van der Waals surface area contributed by atoms with Gasteiger partial charge in [-0.25, -0.2) is 8.42 Å². The number of rotatable bonds is 8. The molecule has 0 aliphatic rings. The highest BCUT2D eigenvalue weighted by Gasteiger charge is 2.25. The molecule has 0 aliphatic carbocycles. The molecule has 0 spiro atoms. The molecule has 0 radical (unpaired) electrons. The van der Waals surface area contributed by atoms with E-state index in [1.54, 1.807) is 12.1 Å². The second-order valence-electron chi connectivity index (χ2n) is 5.19. The van der Waals surface area contributed by atoms with Gasteiger partial charge in [-0.3, -0.25) is 0 Å². The molecule has 0 amide bonds. The van der Waals surface area contributed by atoms with Gasteiger partial charge in [0.1, 0.15) is 0 Å². The highest BCUT2D eigenvalue weighted by atomic mass is 32.2. The van der Waals surface area contributed by atoms with E-state index in [1.807, 2.05) is 32.9 Å². The van der Waals surface area contributed by atoms with Crippen LogP contribution in [0, 0.1) is 12.3 Å². The fourth-order valence-electron chi connectivity index (χ4n) is 1.99. The van der Waals surface area contributed by atoms with Crippen molar-refractivity contribution in [3.05, 3.63) is 29.8 Å². The Morgan fingerprint density at radius 3 is 2.57 bits per heavy atom. The summed E-state index contributed by atoms with van der Waals surface area (Å²) in [5, 5.41) is 3.25. The van der Waals surface area contributed by atoms with Crippen molar-refractivity contribution < 1.29 is 8.42 Å². The first-order valence-electron chi connectivity index (χ1n) is 7.18. The Balaban J connectivity index is 3.15. The highest BCUT2D eigenvalue weighted by Crippen LogP contribution is 2.20. The van der Waals surface area contributed by atoms with Crippen molar-refractivity contribution in [2.24, 2.45) is 0 Å². The first-order valence-corrected chi connectivity index (χ1v) is 8.62. The number of sulfonamides is 1. The van der Waals surface area contributed by atoms with Crippen molar-refractivity contribution >= 4 is 10.0 Å². The van der Waals surface area contributed by atoms with Crippen molar-refractivity contribution in [2.45, 2.75) is 44.7 Å². The number of benzene rings is 1. The lowest BCUT2D eigenvalue weighted by Crippen LogP contribution is -2.33. The third-order valence-electron chi connectivity index (χ3n) is 3.03. The van der Waals surface area contributed by atoms with Crippen LogP contribution < -0.4 is 5.32 Å². The molecule has 21 heavy (non-hydrogen) atoms. The van der Waals surface area contributed by atoms with Crippen LogP contribution in [0.3, 0.4) is 0 Å². The summed E-state index contributed by atoms with van der Waals surface area (Å²) in [5.41, 5.74) is 0.768. The zero-order valence-corrected chi connectivity index (χ0v) is 13.8. The lowest BCUT2D eigenvalue weighted by Gasteiger charge is -2.21. The fraction of sp³-hybridized carbons (Fsp3) is 0.500. The summed E-state index contributed by atoms with van der Waals surface area (Å²) in [6, 6.07) is 7.36. The Bertz CT molecular complexity index is 589. The van der Waals surface area contributed by atoms with Crippen LogP contribution in [-0.2, 0) is 16.6 Å². The maximum atomic E-state index is 12.8. The Morgan fingerprint density at radius 2 is 2.00 bits per heavy atom. The number of terminal acetylenes is 1. The van der Waals surface area contributed by atoms with Gasteiger partial charge in [-0.05, 0) is 18.1 Å². The summed E-state index contributed by atoms with van der Waals surface area (Å²) in [7, 11) is -3.55. The normalized spacial score (nSPS) is 11.8. The van der Waals surface area contributed by atoms with E-state index in [1.165, 1.54) is 4.31 Å². The molecule has 1 N–H and O–H groups in total. The molecule has 116 valence electrons. The van der Waals surface area contributed by atoms with Crippen LogP contribution in [0.4, 0.5) is 0 Å². The molecule has 0 aromatic heterocycles. The van der Waals surface area contributed by atoms with Gasteiger partial charge < -0.3 is 5.32 Å². The minimum Gasteiger partial charge on any atom is -0.310 e. The predicted octanol–water partition coefficient (Wildman–Crippen LogP) is 2.22. The fourth-order valence-corrected chi connectivity index (χ4v) is 3.66. The molecule has 5 heteroatoms. The van der Waals surface area contributed by atoms with E-state index in [4.69, 9.17) is 6.42 Å². The van der Waals surface area contributed by atoms with Crippen LogP contribution in [0.25, 0.3) is 0 Å². The van der Waals surface area contributed by atoms with Crippen molar-refractivity contribution in [1.29, 1.82) is 0 Å². The summed E-state index contributed by atoms with van der Waals surface area (Å²) >= 11 is 0. The first-order chi connectivity index (χ1) is 9.93. The van der Waals surface area contributed by atoms with E-state index in [9.17, 15) is 8.42 Å². The van der Waals surface area contributed by atoms with Crippen LogP contribution >= 0.6 is 0 Å². The van der Waals surface area contributed by atoms with Crippen LogP contribution in [-0.4, -0.2) is 31.9 Å². The summed E-state index contributed by atoms with van der Waals surface area (Å²) in [6.07, 6.45) is 6.03. The smallest absolute Gasteiger partial charge is 0.244 e. The lowest BCUT2D eigenvalue weighted by atomic mass is 10.2. The average molecular weight is 308 g/mol. The van der Waals surface area contributed by atoms with Gasteiger partial charge in [0.2, 0.25) is 10.0 Å².